The quantitative estimate of drug-likeness (QED) is 0.612. The molecule has 2 aromatic carbocycles. The Balaban J connectivity index is 1.66. The van der Waals surface area contributed by atoms with Crippen LogP contribution in [0, 0.1) is 29.0 Å². The first-order valence-electron chi connectivity index (χ1n) is 10.2. The van der Waals surface area contributed by atoms with E-state index < -0.39 is 0 Å². The van der Waals surface area contributed by atoms with E-state index in [0.29, 0.717) is 17.1 Å². The van der Waals surface area contributed by atoms with Gasteiger partial charge in [0.05, 0.1) is 19.1 Å². The van der Waals surface area contributed by atoms with Crippen molar-refractivity contribution in [3.8, 4) is 11.8 Å². The van der Waals surface area contributed by atoms with Gasteiger partial charge in [-0.3, -0.25) is 0 Å². The number of aryl methyl sites for hydroxylation is 1. The van der Waals surface area contributed by atoms with Gasteiger partial charge >= 0.3 is 0 Å². The smallest absolute Gasteiger partial charge is 0.123 e. The highest BCUT2D eigenvalue weighted by Crippen LogP contribution is 2.46. The third-order valence-electron chi connectivity index (χ3n) is 6.23. The first kappa shape index (κ1) is 20.6. The summed E-state index contributed by atoms with van der Waals surface area (Å²) in [4.78, 5) is 0. The van der Waals surface area contributed by atoms with Gasteiger partial charge in [0.1, 0.15) is 11.6 Å². The summed E-state index contributed by atoms with van der Waals surface area (Å²) in [5, 5.41) is 10.7. The second-order valence-electron chi connectivity index (χ2n) is 7.86. The maximum Gasteiger partial charge on any atom is 0.123 e. The highest BCUT2D eigenvalue weighted by molar-refractivity contribution is 8.06. The molecule has 0 bridgehead atoms. The molecule has 1 aliphatic carbocycles. The lowest BCUT2D eigenvalue weighted by Crippen LogP contribution is -2.37. The second-order valence-corrected chi connectivity index (χ2v) is 10.4. The SMILES string of the molecule is COc1ccc2c(c1)CCC(C(Cc1cccc(F)c1)C1CSCCS1)C2C#N. The number of nitriles is 1. The molecule has 5 heteroatoms. The van der Waals surface area contributed by atoms with Gasteiger partial charge in [-0.1, -0.05) is 18.2 Å². The molecule has 0 saturated carbocycles. The maximum absolute atomic E-state index is 13.8. The zero-order valence-electron chi connectivity index (χ0n) is 16.6. The van der Waals surface area contributed by atoms with Crippen LogP contribution in [0.2, 0.25) is 0 Å². The number of fused-ring (bicyclic) bond motifs is 1. The Kier molecular flexibility index (Phi) is 6.72. The van der Waals surface area contributed by atoms with Crippen LogP contribution < -0.4 is 4.74 Å². The first-order chi connectivity index (χ1) is 14.2. The van der Waals surface area contributed by atoms with Crippen molar-refractivity contribution in [3.05, 3.63) is 65.0 Å². The van der Waals surface area contributed by atoms with Crippen molar-refractivity contribution in [2.45, 2.75) is 30.4 Å². The summed E-state index contributed by atoms with van der Waals surface area (Å²) >= 11 is 4.06. The van der Waals surface area contributed by atoms with Gasteiger partial charge in [0.2, 0.25) is 0 Å². The Morgan fingerprint density at radius 3 is 2.86 bits per heavy atom. The van der Waals surface area contributed by atoms with Crippen LogP contribution in [0.5, 0.6) is 5.75 Å². The molecule has 1 heterocycles. The molecule has 4 rings (SSSR count). The minimum Gasteiger partial charge on any atom is -0.497 e. The van der Waals surface area contributed by atoms with Gasteiger partial charge in [0, 0.05) is 22.5 Å². The van der Waals surface area contributed by atoms with E-state index in [1.165, 1.54) is 17.4 Å². The molecule has 1 aliphatic heterocycles. The average molecular weight is 428 g/mol. The molecule has 2 aromatic rings. The summed E-state index contributed by atoms with van der Waals surface area (Å²) < 4.78 is 19.2. The van der Waals surface area contributed by atoms with Gasteiger partial charge in [0.15, 0.2) is 0 Å². The number of ether oxygens (including phenoxy) is 1. The molecule has 0 N–H and O–H groups in total. The molecule has 0 aromatic heterocycles. The van der Waals surface area contributed by atoms with Crippen LogP contribution in [0.4, 0.5) is 4.39 Å². The fourth-order valence-electron chi connectivity index (χ4n) is 4.82. The van der Waals surface area contributed by atoms with Gasteiger partial charge < -0.3 is 4.74 Å². The number of thioether (sulfide) groups is 2. The molecule has 4 unspecified atom stereocenters. The number of hydrogen-bond donors (Lipinski definition) is 0. The molecule has 4 atom stereocenters. The number of rotatable bonds is 5. The van der Waals surface area contributed by atoms with Crippen LogP contribution in [0.15, 0.2) is 42.5 Å². The molecule has 2 aliphatic rings. The largest absolute Gasteiger partial charge is 0.497 e. The molecular formula is C24H26FNOS2. The maximum atomic E-state index is 13.8. The minimum atomic E-state index is -0.176. The molecule has 1 fully saturated rings. The molecular weight excluding hydrogens is 401 g/mol. The van der Waals surface area contributed by atoms with Crippen LogP contribution in [-0.2, 0) is 12.8 Å². The Morgan fingerprint density at radius 1 is 1.24 bits per heavy atom. The third-order valence-corrected chi connectivity index (χ3v) is 9.17. The lowest BCUT2D eigenvalue weighted by Gasteiger charge is -2.40. The summed E-state index contributed by atoms with van der Waals surface area (Å²) in [5.41, 5.74) is 3.44. The number of hydrogen-bond acceptors (Lipinski definition) is 4. The summed E-state index contributed by atoms with van der Waals surface area (Å²) in [6, 6.07) is 15.8. The van der Waals surface area contributed by atoms with E-state index in [4.69, 9.17) is 4.74 Å². The van der Waals surface area contributed by atoms with Gasteiger partial charge in [0.25, 0.3) is 0 Å². The number of methoxy groups -OCH3 is 1. The lowest BCUT2D eigenvalue weighted by atomic mass is 9.68. The zero-order valence-corrected chi connectivity index (χ0v) is 18.3. The van der Waals surface area contributed by atoms with Crippen molar-refractivity contribution >= 4 is 23.5 Å². The van der Waals surface area contributed by atoms with E-state index in [1.54, 1.807) is 19.2 Å². The molecule has 0 amide bonds. The molecule has 152 valence electrons. The van der Waals surface area contributed by atoms with Crippen LogP contribution in [0.1, 0.15) is 29.0 Å². The Hall–Kier alpha value is -1.64. The molecule has 0 spiro atoms. The molecule has 0 radical (unpaired) electrons. The third kappa shape index (κ3) is 4.59. The van der Waals surface area contributed by atoms with Crippen molar-refractivity contribution in [2.24, 2.45) is 11.8 Å². The normalized spacial score (nSPS) is 24.9. The summed E-state index contributed by atoms with van der Waals surface area (Å²) in [7, 11) is 1.68. The monoisotopic (exact) mass is 427 g/mol. The lowest BCUT2D eigenvalue weighted by molar-refractivity contribution is 0.275. The van der Waals surface area contributed by atoms with Crippen LogP contribution in [-0.4, -0.2) is 29.6 Å². The molecule has 29 heavy (non-hydrogen) atoms. The van der Waals surface area contributed by atoms with Crippen LogP contribution in [0.25, 0.3) is 0 Å². The standard InChI is InChI=1S/C24H26FNOS2/c1-27-19-6-8-20-17(13-19)5-7-21(23(20)14-26)22(24-15-28-9-10-29-24)12-16-3-2-4-18(25)11-16/h2-4,6,8,11,13,21-24H,5,7,9-10,12,15H2,1H3. The fraction of sp³-hybridized carbons (Fsp3) is 0.458. The fourth-order valence-corrected chi connectivity index (χ4v) is 7.85. The van der Waals surface area contributed by atoms with Crippen molar-refractivity contribution in [1.82, 2.24) is 0 Å². The van der Waals surface area contributed by atoms with Crippen molar-refractivity contribution in [1.29, 1.82) is 5.26 Å². The summed E-state index contributed by atoms with van der Waals surface area (Å²) in [5.74, 6) is 4.70. The number of benzene rings is 2. The number of nitrogens with zero attached hydrogens (tertiary/aromatic N) is 1. The highest BCUT2D eigenvalue weighted by atomic mass is 32.2. The summed E-state index contributed by atoms with van der Waals surface area (Å²) in [6.45, 7) is 0. The Morgan fingerprint density at radius 2 is 2.14 bits per heavy atom. The van der Waals surface area contributed by atoms with Crippen molar-refractivity contribution in [2.75, 3.05) is 24.4 Å². The molecule has 2 nitrogen and oxygen atoms in total. The zero-order chi connectivity index (χ0) is 20.2. The predicted octanol–water partition coefficient (Wildman–Crippen LogP) is 5.71. The second kappa shape index (κ2) is 9.45. The first-order valence-corrected chi connectivity index (χ1v) is 12.4. The van der Waals surface area contributed by atoms with E-state index in [-0.39, 0.29) is 11.7 Å². The van der Waals surface area contributed by atoms with Crippen LogP contribution >= 0.6 is 23.5 Å². The predicted molar refractivity (Wildman–Crippen MR) is 120 cm³/mol. The van der Waals surface area contributed by atoms with Crippen LogP contribution in [0.3, 0.4) is 0 Å². The molecule has 1 saturated heterocycles. The van der Waals surface area contributed by atoms with E-state index in [2.05, 4.69) is 18.2 Å². The highest BCUT2D eigenvalue weighted by Gasteiger charge is 2.39. The van der Waals surface area contributed by atoms with E-state index in [0.717, 1.165) is 47.6 Å². The topological polar surface area (TPSA) is 33.0 Å². The van der Waals surface area contributed by atoms with Gasteiger partial charge in [-0.05, 0) is 72.1 Å². The van der Waals surface area contributed by atoms with Crippen molar-refractivity contribution < 1.29 is 9.13 Å². The summed E-state index contributed by atoms with van der Waals surface area (Å²) in [6.07, 6.45) is 2.81. The average Bonchev–Trinajstić information content (AvgIpc) is 2.77. The van der Waals surface area contributed by atoms with E-state index in [1.807, 2.05) is 35.7 Å². The van der Waals surface area contributed by atoms with Gasteiger partial charge in [-0.25, -0.2) is 4.39 Å². The van der Waals surface area contributed by atoms with E-state index >= 15 is 0 Å². The number of halogens is 1. The Bertz CT molecular complexity index is 891. The van der Waals surface area contributed by atoms with Crippen molar-refractivity contribution in [3.63, 3.8) is 0 Å². The van der Waals surface area contributed by atoms with Gasteiger partial charge in [-0.15, -0.1) is 0 Å². The van der Waals surface area contributed by atoms with E-state index in [9.17, 15) is 9.65 Å². The minimum absolute atomic E-state index is 0.115. The van der Waals surface area contributed by atoms with Gasteiger partial charge in [-0.2, -0.15) is 28.8 Å². The Labute approximate surface area is 181 Å².